The lowest BCUT2D eigenvalue weighted by molar-refractivity contribution is -0.136. The molecule has 2 aliphatic rings. The van der Waals surface area contributed by atoms with Gasteiger partial charge in [-0.2, -0.15) is 5.10 Å². The van der Waals surface area contributed by atoms with E-state index >= 15 is 0 Å². The number of rotatable bonds is 5. The zero-order valence-corrected chi connectivity index (χ0v) is 15.0. The van der Waals surface area contributed by atoms with Crippen LogP contribution in [0.25, 0.3) is 0 Å². The largest absolute Gasteiger partial charge is 0.348 e. The minimum Gasteiger partial charge on any atom is -0.348 e. The summed E-state index contributed by atoms with van der Waals surface area (Å²) in [5.74, 6) is -0.0143. The van der Waals surface area contributed by atoms with Crippen molar-refractivity contribution in [1.82, 2.24) is 20.0 Å². The molecule has 2 heterocycles. The lowest BCUT2D eigenvalue weighted by Gasteiger charge is -2.30. The topological polar surface area (TPSA) is 67.2 Å². The summed E-state index contributed by atoms with van der Waals surface area (Å²) < 4.78 is 1.85. The van der Waals surface area contributed by atoms with Gasteiger partial charge in [0.05, 0.1) is 18.8 Å². The van der Waals surface area contributed by atoms with Gasteiger partial charge in [-0.1, -0.05) is 37.3 Å². The molecule has 0 spiro atoms. The lowest BCUT2D eigenvalue weighted by atomic mass is 9.99. The number of hydrogen-bond acceptors (Lipinski definition) is 3. The Morgan fingerprint density at radius 2 is 2.00 bits per heavy atom. The summed E-state index contributed by atoms with van der Waals surface area (Å²) in [5.41, 5.74) is 2.56. The SMILES string of the molecule is C[C@H](Cc1ccccc1)C(=O)N1CCn2nc(C(=O)NC3CC3)cc2C1. The Labute approximate surface area is 153 Å². The van der Waals surface area contributed by atoms with Crippen LogP contribution in [-0.4, -0.2) is 39.1 Å². The van der Waals surface area contributed by atoms with Gasteiger partial charge >= 0.3 is 0 Å². The van der Waals surface area contributed by atoms with Gasteiger partial charge in [0, 0.05) is 18.5 Å². The van der Waals surface area contributed by atoms with Crippen molar-refractivity contribution in [2.24, 2.45) is 5.92 Å². The van der Waals surface area contributed by atoms with E-state index in [1.54, 1.807) is 0 Å². The number of hydrogen-bond donors (Lipinski definition) is 1. The van der Waals surface area contributed by atoms with Gasteiger partial charge < -0.3 is 10.2 Å². The number of nitrogens with zero attached hydrogens (tertiary/aromatic N) is 3. The fourth-order valence-corrected chi connectivity index (χ4v) is 3.42. The number of fused-ring (bicyclic) bond motifs is 1. The highest BCUT2D eigenvalue weighted by Crippen LogP contribution is 2.21. The van der Waals surface area contributed by atoms with Gasteiger partial charge in [-0.3, -0.25) is 14.3 Å². The van der Waals surface area contributed by atoms with Crippen molar-refractivity contribution in [3.05, 3.63) is 53.3 Å². The highest BCUT2D eigenvalue weighted by Gasteiger charge is 2.28. The molecule has 0 radical (unpaired) electrons. The van der Waals surface area contributed by atoms with Crippen LogP contribution in [0.15, 0.2) is 36.4 Å². The lowest BCUT2D eigenvalue weighted by Crippen LogP contribution is -2.41. The molecule has 26 heavy (non-hydrogen) atoms. The fourth-order valence-electron chi connectivity index (χ4n) is 3.42. The normalized spacial score (nSPS) is 17.5. The Bertz CT molecular complexity index is 810. The van der Waals surface area contributed by atoms with E-state index in [0.29, 0.717) is 31.4 Å². The molecule has 1 N–H and O–H groups in total. The molecule has 0 bridgehead atoms. The summed E-state index contributed by atoms with van der Waals surface area (Å²) in [5, 5.41) is 7.37. The molecule has 6 nitrogen and oxygen atoms in total. The predicted octanol–water partition coefficient (Wildman–Crippen LogP) is 2.00. The maximum absolute atomic E-state index is 12.8. The molecule has 1 aromatic carbocycles. The van der Waals surface area contributed by atoms with Gasteiger partial charge in [0.25, 0.3) is 5.91 Å². The van der Waals surface area contributed by atoms with E-state index in [4.69, 9.17) is 0 Å². The van der Waals surface area contributed by atoms with Crippen LogP contribution in [0, 0.1) is 5.92 Å². The van der Waals surface area contributed by atoms with Crippen LogP contribution < -0.4 is 5.32 Å². The molecule has 2 amide bonds. The third-order valence-electron chi connectivity index (χ3n) is 5.06. The highest BCUT2D eigenvalue weighted by molar-refractivity contribution is 5.92. The maximum Gasteiger partial charge on any atom is 0.272 e. The van der Waals surface area contributed by atoms with Crippen molar-refractivity contribution in [2.45, 2.75) is 45.3 Å². The van der Waals surface area contributed by atoms with E-state index in [1.807, 2.05) is 40.8 Å². The molecule has 1 aromatic heterocycles. The van der Waals surface area contributed by atoms with Gasteiger partial charge in [-0.25, -0.2) is 0 Å². The summed E-state index contributed by atoms with van der Waals surface area (Å²) in [6.45, 7) is 3.77. The standard InChI is InChI=1S/C20H24N4O2/c1-14(11-15-5-3-2-4-6-15)20(26)23-9-10-24-17(13-23)12-18(22-24)19(25)21-16-7-8-16/h2-6,12,14,16H,7-11,13H2,1H3,(H,21,25)/t14-/m1/s1. The smallest absolute Gasteiger partial charge is 0.272 e. The van der Waals surface area contributed by atoms with Crippen LogP contribution >= 0.6 is 0 Å². The summed E-state index contributed by atoms with van der Waals surface area (Å²) in [7, 11) is 0. The van der Waals surface area contributed by atoms with Crippen molar-refractivity contribution < 1.29 is 9.59 Å². The van der Waals surface area contributed by atoms with E-state index in [2.05, 4.69) is 22.5 Å². The summed E-state index contributed by atoms with van der Waals surface area (Å²) in [4.78, 5) is 26.9. The van der Waals surface area contributed by atoms with E-state index in [1.165, 1.54) is 5.56 Å². The van der Waals surface area contributed by atoms with Gasteiger partial charge in [0.15, 0.2) is 5.69 Å². The van der Waals surface area contributed by atoms with E-state index < -0.39 is 0 Å². The van der Waals surface area contributed by atoms with Crippen LogP contribution in [0.1, 0.15) is 41.5 Å². The molecule has 1 aliphatic carbocycles. The Morgan fingerprint density at radius 3 is 2.73 bits per heavy atom. The van der Waals surface area contributed by atoms with Gasteiger partial charge in [-0.05, 0) is 30.9 Å². The van der Waals surface area contributed by atoms with Crippen molar-refractivity contribution >= 4 is 11.8 Å². The first-order valence-electron chi connectivity index (χ1n) is 9.30. The molecular formula is C20H24N4O2. The third kappa shape index (κ3) is 3.64. The second-order valence-electron chi connectivity index (χ2n) is 7.34. The molecule has 1 atom stereocenters. The number of benzene rings is 1. The van der Waals surface area contributed by atoms with Crippen LogP contribution in [-0.2, 0) is 24.3 Å². The van der Waals surface area contributed by atoms with Crippen LogP contribution in [0.2, 0.25) is 0 Å². The quantitative estimate of drug-likeness (QED) is 0.895. The second kappa shape index (κ2) is 6.94. The number of aromatic nitrogens is 2. The van der Waals surface area contributed by atoms with Crippen molar-refractivity contribution in [3.8, 4) is 0 Å². The minimum atomic E-state index is -0.107. The zero-order valence-electron chi connectivity index (χ0n) is 15.0. The molecule has 0 saturated heterocycles. The monoisotopic (exact) mass is 352 g/mol. The van der Waals surface area contributed by atoms with Crippen molar-refractivity contribution in [2.75, 3.05) is 6.54 Å². The summed E-state index contributed by atoms with van der Waals surface area (Å²) in [6.07, 6.45) is 2.85. The summed E-state index contributed by atoms with van der Waals surface area (Å²) in [6, 6.07) is 12.2. The molecule has 0 unspecified atom stereocenters. The number of carbonyl (C=O) groups is 2. The van der Waals surface area contributed by atoms with Crippen molar-refractivity contribution in [1.29, 1.82) is 0 Å². The maximum atomic E-state index is 12.8. The van der Waals surface area contributed by atoms with E-state index in [-0.39, 0.29) is 17.7 Å². The predicted molar refractivity (Wildman–Crippen MR) is 97.4 cm³/mol. The number of nitrogens with one attached hydrogen (secondary N) is 1. The average Bonchev–Trinajstić information content (AvgIpc) is 3.36. The van der Waals surface area contributed by atoms with Crippen molar-refractivity contribution in [3.63, 3.8) is 0 Å². The van der Waals surface area contributed by atoms with Gasteiger partial charge in [0.1, 0.15) is 0 Å². The first-order valence-corrected chi connectivity index (χ1v) is 9.30. The number of carbonyl (C=O) groups excluding carboxylic acids is 2. The zero-order chi connectivity index (χ0) is 18.1. The molecule has 1 saturated carbocycles. The van der Waals surface area contributed by atoms with E-state index in [0.717, 1.165) is 25.0 Å². The summed E-state index contributed by atoms with van der Waals surface area (Å²) >= 11 is 0. The Kier molecular flexibility index (Phi) is 4.49. The second-order valence-corrected chi connectivity index (χ2v) is 7.34. The van der Waals surface area contributed by atoms with Crippen LogP contribution in [0.3, 0.4) is 0 Å². The first kappa shape index (κ1) is 16.8. The highest BCUT2D eigenvalue weighted by atomic mass is 16.2. The van der Waals surface area contributed by atoms with Gasteiger partial charge in [-0.15, -0.1) is 0 Å². The van der Waals surface area contributed by atoms with Gasteiger partial charge in [0.2, 0.25) is 5.91 Å². The van der Waals surface area contributed by atoms with E-state index in [9.17, 15) is 9.59 Å². The van der Waals surface area contributed by atoms with Crippen LogP contribution in [0.4, 0.5) is 0 Å². The molecule has 4 rings (SSSR count). The molecule has 6 heteroatoms. The average molecular weight is 352 g/mol. The molecular weight excluding hydrogens is 328 g/mol. The molecule has 2 aromatic rings. The fraction of sp³-hybridized carbons (Fsp3) is 0.450. The third-order valence-corrected chi connectivity index (χ3v) is 5.06. The Hall–Kier alpha value is -2.63. The Morgan fingerprint density at radius 1 is 1.23 bits per heavy atom. The molecule has 1 aliphatic heterocycles. The molecule has 1 fully saturated rings. The van der Waals surface area contributed by atoms with Crippen LogP contribution in [0.5, 0.6) is 0 Å². The number of amides is 2. The molecule has 136 valence electrons. The minimum absolute atomic E-state index is 0.0653. The Balaban J connectivity index is 1.40. The first-order chi connectivity index (χ1) is 12.6.